The minimum atomic E-state index is 0.0867. The van der Waals surface area contributed by atoms with Gasteiger partial charge >= 0.3 is 0 Å². The topological polar surface area (TPSA) is 35.2 Å². The SMILES string of the molecule is CC(N)c1ccc(OC2C=CCCC2)cc1. The van der Waals surface area contributed by atoms with Gasteiger partial charge in [0.25, 0.3) is 0 Å². The number of benzene rings is 1. The fourth-order valence-corrected chi connectivity index (χ4v) is 1.90. The Bertz CT molecular complexity index is 354. The molecule has 2 N–H and O–H groups in total. The van der Waals surface area contributed by atoms with Crippen molar-refractivity contribution >= 4 is 0 Å². The van der Waals surface area contributed by atoms with Gasteiger partial charge in [0.1, 0.15) is 11.9 Å². The van der Waals surface area contributed by atoms with Crippen molar-refractivity contribution in [3.8, 4) is 5.75 Å². The number of ether oxygens (including phenoxy) is 1. The maximum Gasteiger partial charge on any atom is 0.120 e. The van der Waals surface area contributed by atoms with Crippen molar-refractivity contribution in [3.63, 3.8) is 0 Å². The largest absolute Gasteiger partial charge is 0.486 e. The second kappa shape index (κ2) is 5.17. The third-order valence-electron chi connectivity index (χ3n) is 2.90. The van der Waals surface area contributed by atoms with Gasteiger partial charge in [-0.25, -0.2) is 0 Å². The van der Waals surface area contributed by atoms with E-state index in [-0.39, 0.29) is 12.1 Å². The Kier molecular flexibility index (Phi) is 3.62. The zero-order valence-electron chi connectivity index (χ0n) is 9.73. The molecule has 0 saturated carbocycles. The van der Waals surface area contributed by atoms with Crippen molar-refractivity contribution < 1.29 is 4.74 Å². The zero-order chi connectivity index (χ0) is 11.4. The van der Waals surface area contributed by atoms with Crippen LogP contribution in [0.5, 0.6) is 5.75 Å². The first-order chi connectivity index (χ1) is 7.75. The second-order valence-electron chi connectivity index (χ2n) is 4.37. The molecule has 86 valence electrons. The summed E-state index contributed by atoms with van der Waals surface area (Å²) in [5.74, 6) is 0.931. The highest BCUT2D eigenvalue weighted by Gasteiger charge is 2.09. The second-order valence-corrected chi connectivity index (χ2v) is 4.37. The van der Waals surface area contributed by atoms with E-state index in [4.69, 9.17) is 10.5 Å². The first-order valence-electron chi connectivity index (χ1n) is 5.94. The van der Waals surface area contributed by atoms with Gasteiger partial charge in [-0.05, 0) is 50.0 Å². The van der Waals surface area contributed by atoms with Gasteiger partial charge in [0, 0.05) is 6.04 Å². The maximum atomic E-state index is 5.86. The third-order valence-corrected chi connectivity index (χ3v) is 2.90. The molecule has 0 aromatic heterocycles. The molecule has 2 nitrogen and oxygen atoms in total. The van der Waals surface area contributed by atoms with Crippen molar-refractivity contribution in [2.75, 3.05) is 0 Å². The highest BCUT2D eigenvalue weighted by atomic mass is 16.5. The van der Waals surface area contributed by atoms with Crippen molar-refractivity contribution in [1.82, 2.24) is 0 Å². The summed E-state index contributed by atoms with van der Waals surface area (Å²) in [5, 5.41) is 0. The predicted molar refractivity (Wildman–Crippen MR) is 66.5 cm³/mol. The van der Waals surface area contributed by atoms with Crippen LogP contribution in [0.25, 0.3) is 0 Å². The summed E-state index contributed by atoms with van der Waals surface area (Å²) >= 11 is 0. The van der Waals surface area contributed by atoms with Gasteiger partial charge in [-0.15, -0.1) is 0 Å². The van der Waals surface area contributed by atoms with Gasteiger partial charge in [0.15, 0.2) is 0 Å². The highest BCUT2D eigenvalue weighted by molar-refractivity contribution is 5.29. The minimum Gasteiger partial charge on any atom is -0.486 e. The van der Waals surface area contributed by atoms with Crippen LogP contribution >= 0.6 is 0 Å². The molecule has 16 heavy (non-hydrogen) atoms. The smallest absolute Gasteiger partial charge is 0.120 e. The van der Waals surface area contributed by atoms with E-state index in [2.05, 4.69) is 12.2 Å². The summed E-state index contributed by atoms with van der Waals surface area (Å²) in [7, 11) is 0. The molecule has 0 saturated heterocycles. The summed E-state index contributed by atoms with van der Waals surface area (Å²) in [4.78, 5) is 0. The highest BCUT2D eigenvalue weighted by Crippen LogP contribution is 2.20. The molecule has 0 amide bonds. The van der Waals surface area contributed by atoms with E-state index in [1.165, 1.54) is 12.8 Å². The Morgan fingerprint density at radius 1 is 1.31 bits per heavy atom. The number of hydrogen-bond donors (Lipinski definition) is 1. The molecule has 0 radical (unpaired) electrons. The molecule has 2 atom stereocenters. The lowest BCUT2D eigenvalue weighted by molar-refractivity contribution is 0.230. The van der Waals surface area contributed by atoms with Crippen LogP contribution in [0.15, 0.2) is 36.4 Å². The molecule has 0 heterocycles. The summed E-state index contributed by atoms with van der Waals surface area (Å²) < 4.78 is 5.86. The van der Waals surface area contributed by atoms with Crippen molar-refractivity contribution in [1.29, 1.82) is 0 Å². The molecule has 1 aliphatic rings. The van der Waals surface area contributed by atoms with Crippen molar-refractivity contribution in [3.05, 3.63) is 42.0 Å². The van der Waals surface area contributed by atoms with E-state index in [9.17, 15) is 0 Å². The molecule has 1 aliphatic carbocycles. The normalized spacial score (nSPS) is 21.8. The van der Waals surface area contributed by atoms with Gasteiger partial charge in [0.2, 0.25) is 0 Å². The Balaban J connectivity index is 1.99. The number of nitrogens with two attached hydrogens (primary N) is 1. The van der Waals surface area contributed by atoms with E-state index in [0.29, 0.717) is 0 Å². The van der Waals surface area contributed by atoms with E-state index in [1.54, 1.807) is 0 Å². The molecule has 2 unspecified atom stereocenters. The van der Waals surface area contributed by atoms with E-state index in [0.717, 1.165) is 17.7 Å². The Morgan fingerprint density at radius 2 is 2.06 bits per heavy atom. The Hall–Kier alpha value is -1.28. The van der Waals surface area contributed by atoms with E-state index in [1.807, 2.05) is 31.2 Å². The molecular formula is C14H19NO. The molecule has 2 heteroatoms. The fraction of sp³-hybridized carbons (Fsp3) is 0.429. The third kappa shape index (κ3) is 2.86. The summed E-state index contributed by atoms with van der Waals surface area (Å²) in [6, 6.07) is 8.16. The fourth-order valence-electron chi connectivity index (χ4n) is 1.90. The van der Waals surface area contributed by atoms with Gasteiger partial charge < -0.3 is 10.5 Å². The quantitative estimate of drug-likeness (QED) is 0.789. The first kappa shape index (κ1) is 11.2. The van der Waals surface area contributed by atoms with Crippen molar-refractivity contribution in [2.45, 2.75) is 38.3 Å². The summed E-state index contributed by atoms with van der Waals surface area (Å²) in [6.07, 6.45) is 8.12. The Morgan fingerprint density at radius 3 is 2.62 bits per heavy atom. The van der Waals surface area contributed by atoms with Crippen LogP contribution in [-0.4, -0.2) is 6.10 Å². The van der Waals surface area contributed by atoms with Crippen LogP contribution in [0.4, 0.5) is 0 Å². The predicted octanol–water partition coefficient (Wildman–Crippen LogP) is 3.19. The van der Waals surface area contributed by atoms with Gasteiger partial charge in [-0.1, -0.05) is 18.2 Å². The number of hydrogen-bond acceptors (Lipinski definition) is 2. The monoisotopic (exact) mass is 217 g/mol. The lowest BCUT2D eigenvalue weighted by Crippen LogP contribution is -2.15. The molecule has 0 aliphatic heterocycles. The molecule has 1 aromatic carbocycles. The zero-order valence-corrected chi connectivity index (χ0v) is 9.73. The lowest BCUT2D eigenvalue weighted by atomic mass is 10.1. The maximum absolute atomic E-state index is 5.86. The van der Waals surface area contributed by atoms with E-state index < -0.39 is 0 Å². The standard InChI is InChI=1S/C14H19NO/c1-11(15)12-7-9-14(10-8-12)16-13-5-3-2-4-6-13/h3,5,7-11,13H,2,4,6,15H2,1H3. The molecule has 1 aromatic rings. The summed E-state index contributed by atoms with van der Waals surface area (Å²) in [6.45, 7) is 1.99. The Labute approximate surface area is 97.1 Å². The van der Waals surface area contributed by atoms with Gasteiger partial charge in [-0.2, -0.15) is 0 Å². The van der Waals surface area contributed by atoms with Crippen molar-refractivity contribution in [2.24, 2.45) is 5.73 Å². The van der Waals surface area contributed by atoms with Crippen LogP contribution in [0.3, 0.4) is 0 Å². The molecule has 0 spiro atoms. The van der Waals surface area contributed by atoms with Crippen LogP contribution in [0.1, 0.15) is 37.8 Å². The molecule has 0 fully saturated rings. The minimum absolute atomic E-state index is 0.0867. The van der Waals surface area contributed by atoms with Crippen LogP contribution in [-0.2, 0) is 0 Å². The van der Waals surface area contributed by atoms with Gasteiger partial charge in [0.05, 0.1) is 0 Å². The van der Waals surface area contributed by atoms with E-state index >= 15 is 0 Å². The average molecular weight is 217 g/mol. The van der Waals surface area contributed by atoms with Crippen LogP contribution in [0.2, 0.25) is 0 Å². The van der Waals surface area contributed by atoms with Crippen LogP contribution in [0, 0.1) is 0 Å². The lowest BCUT2D eigenvalue weighted by Gasteiger charge is -2.18. The molecule has 2 rings (SSSR count). The number of rotatable bonds is 3. The van der Waals surface area contributed by atoms with Crippen LogP contribution < -0.4 is 10.5 Å². The van der Waals surface area contributed by atoms with Gasteiger partial charge in [-0.3, -0.25) is 0 Å². The molecular weight excluding hydrogens is 198 g/mol. The molecule has 0 bridgehead atoms. The first-order valence-corrected chi connectivity index (χ1v) is 5.94. The average Bonchev–Trinajstić information content (AvgIpc) is 2.31. The number of allylic oxidation sites excluding steroid dienone is 1. The summed E-state index contributed by atoms with van der Waals surface area (Å²) in [5.41, 5.74) is 6.94.